The average molecular weight is 533 g/mol. The summed E-state index contributed by atoms with van der Waals surface area (Å²) in [6.07, 6.45) is -3.80. The smallest absolute Gasteiger partial charge is 0.378 e. The van der Waals surface area contributed by atoms with E-state index in [9.17, 15) is 18.0 Å². The third-order valence-electron chi connectivity index (χ3n) is 7.58. The Hall–Kier alpha value is -3.05. The van der Waals surface area contributed by atoms with Crippen molar-refractivity contribution in [1.29, 1.82) is 0 Å². The molecule has 1 aromatic carbocycles. The molecule has 1 aromatic heterocycles. The van der Waals surface area contributed by atoms with Gasteiger partial charge in [0.25, 0.3) is 0 Å². The van der Waals surface area contributed by atoms with Crippen molar-refractivity contribution in [3.63, 3.8) is 0 Å². The molecular formula is C27H35F3N6O2. The maximum Gasteiger partial charge on any atom is 0.389 e. The second-order valence-electron chi connectivity index (χ2n) is 10.5. The number of rotatable bonds is 5. The summed E-state index contributed by atoms with van der Waals surface area (Å²) in [5.74, 6) is 1.20. The molecule has 3 aliphatic rings. The number of carbonyl (C=O) groups is 1. The topological polar surface area (TPSA) is 87.0 Å². The van der Waals surface area contributed by atoms with Crippen molar-refractivity contribution in [2.45, 2.75) is 38.4 Å². The lowest BCUT2D eigenvalue weighted by molar-refractivity contribution is -0.143. The van der Waals surface area contributed by atoms with E-state index in [1.807, 2.05) is 25.1 Å². The second kappa shape index (κ2) is 11.0. The Labute approximate surface area is 220 Å². The number of ether oxygens (including phenoxy) is 1. The van der Waals surface area contributed by atoms with Crippen molar-refractivity contribution in [3.05, 3.63) is 35.9 Å². The monoisotopic (exact) mass is 532 g/mol. The van der Waals surface area contributed by atoms with Gasteiger partial charge >= 0.3 is 12.2 Å². The van der Waals surface area contributed by atoms with Crippen LogP contribution in [0.1, 0.15) is 24.8 Å². The molecular weight excluding hydrogens is 497 g/mol. The highest BCUT2D eigenvalue weighted by Gasteiger charge is 2.36. The molecule has 0 aliphatic carbocycles. The first kappa shape index (κ1) is 26.6. The van der Waals surface area contributed by atoms with E-state index < -0.39 is 18.5 Å². The van der Waals surface area contributed by atoms with Gasteiger partial charge in [0.2, 0.25) is 0 Å². The minimum absolute atomic E-state index is 0.110. The van der Waals surface area contributed by atoms with Gasteiger partial charge in [-0.1, -0.05) is 6.07 Å². The molecule has 3 fully saturated rings. The van der Waals surface area contributed by atoms with Crippen molar-refractivity contribution in [2.24, 2.45) is 11.7 Å². The number of nitrogens with two attached hydrogens (primary N) is 1. The number of nitrogens with zero attached hydrogens (tertiary/aromatic N) is 4. The number of likely N-dealkylation sites (tertiary alicyclic amines) is 1. The average Bonchev–Trinajstić information content (AvgIpc) is 3.53. The van der Waals surface area contributed by atoms with Crippen LogP contribution in [-0.4, -0.2) is 80.6 Å². The number of anilines is 3. The molecule has 38 heavy (non-hydrogen) atoms. The molecule has 2 amide bonds. The van der Waals surface area contributed by atoms with Gasteiger partial charge in [-0.05, 0) is 66.6 Å². The molecule has 3 N–H and O–H groups in total. The zero-order valence-electron chi connectivity index (χ0n) is 21.6. The minimum Gasteiger partial charge on any atom is -0.378 e. The number of pyridine rings is 1. The molecule has 1 unspecified atom stereocenters. The summed E-state index contributed by atoms with van der Waals surface area (Å²) >= 11 is 0. The van der Waals surface area contributed by atoms with E-state index in [1.54, 1.807) is 0 Å². The first-order valence-electron chi connectivity index (χ1n) is 13.2. The van der Waals surface area contributed by atoms with Gasteiger partial charge in [0.15, 0.2) is 0 Å². The van der Waals surface area contributed by atoms with E-state index in [1.165, 1.54) is 4.90 Å². The van der Waals surface area contributed by atoms with Crippen LogP contribution in [0.5, 0.6) is 0 Å². The summed E-state index contributed by atoms with van der Waals surface area (Å²) in [7, 11) is 0. The Morgan fingerprint density at radius 2 is 1.79 bits per heavy atom. The highest BCUT2D eigenvalue weighted by Crippen LogP contribution is 2.34. The lowest BCUT2D eigenvalue weighted by Gasteiger charge is -2.29. The summed E-state index contributed by atoms with van der Waals surface area (Å²) in [5.41, 5.74) is 9.76. The van der Waals surface area contributed by atoms with Crippen LogP contribution < -0.4 is 20.9 Å². The highest BCUT2D eigenvalue weighted by molar-refractivity contribution is 5.91. The van der Waals surface area contributed by atoms with Gasteiger partial charge in [-0.3, -0.25) is 0 Å². The van der Waals surface area contributed by atoms with Crippen LogP contribution in [0, 0.1) is 12.8 Å². The van der Waals surface area contributed by atoms with Crippen LogP contribution in [0.25, 0.3) is 11.1 Å². The van der Waals surface area contributed by atoms with Gasteiger partial charge < -0.3 is 30.5 Å². The van der Waals surface area contributed by atoms with E-state index in [0.717, 1.165) is 60.9 Å². The highest BCUT2D eigenvalue weighted by atomic mass is 19.4. The standard InChI is InChI=1S/C27H35F3N6O2/c1-18-2-3-22(32-26(37)36-6-4-19(16-36)15-27(28,29)30)14-23(18)20-12-24(34-8-10-38-11-9-34)33-25(13-20)35-7-5-21(31)17-35/h2-3,12-14,19,21H,4-11,15-17,31H2,1H3,(H,32,37)/t19?,21-/m1/s1. The molecule has 11 heteroatoms. The molecule has 4 heterocycles. The molecule has 206 valence electrons. The summed E-state index contributed by atoms with van der Waals surface area (Å²) in [5, 5.41) is 2.89. The van der Waals surface area contributed by atoms with Crippen molar-refractivity contribution in [3.8, 4) is 11.1 Å². The maximum absolute atomic E-state index is 12.9. The van der Waals surface area contributed by atoms with Gasteiger partial charge in [-0.25, -0.2) is 9.78 Å². The quantitative estimate of drug-likeness (QED) is 0.599. The predicted molar refractivity (Wildman–Crippen MR) is 142 cm³/mol. The molecule has 3 aliphatic heterocycles. The van der Waals surface area contributed by atoms with Crippen LogP contribution >= 0.6 is 0 Å². The van der Waals surface area contributed by atoms with Crippen LogP contribution in [0.15, 0.2) is 30.3 Å². The Bertz CT molecular complexity index is 1130. The molecule has 0 bridgehead atoms. The van der Waals surface area contributed by atoms with Crippen molar-refractivity contribution in [1.82, 2.24) is 9.88 Å². The maximum atomic E-state index is 12.9. The first-order chi connectivity index (χ1) is 18.1. The van der Waals surface area contributed by atoms with E-state index in [4.69, 9.17) is 15.5 Å². The number of amides is 2. The fourth-order valence-electron chi connectivity index (χ4n) is 5.49. The molecule has 0 radical (unpaired) electrons. The van der Waals surface area contributed by atoms with Gasteiger partial charge in [0.05, 0.1) is 13.2 Å². The Morgan fingerprint density at radius 1 is 1.05 bits per heavy atom. The fourth-order valence-corrected chi connectivity index (χ4v) is 5.49. The number of morpholine rings is 1. The molecule has 5 rings (SSSR count). The van der Waals surface area contributed by atoms with E-state index in [2.05, 4.69) is 27.2 Å². The Kier molecular flexibility index (Phi) is 7.67. The largest absolute Gasteiger partial charge is 0.389 e. The number of hydrogen-bond acceptors (Lipinski definition) is 6. The van der Waals surface area contributed by atoms with Crippen molar-refractivity contribution >= 4 is 23.4 Å². The van der Waals surface area contributed by atoms with E-state index in [-0.39, 0.29) is 18.6 Å². The first-order valence-corrected chi connectivity index (χ1v) is 13.2. The van der Waals surface area contributed by atoms with Crippen LogP contribution in [0.2, 0.25) is 0 Å². The molecule has 2 atom stereocenters. The lowest BCUT2D eigenvalue weighted by Crippen LogP contribution is -2.37. The molecule has 0 saturated carbocycles. The van der Waals surface area contributed by atoms with Gasteiger partial charge in [0, 0.05) is 57.4 Å². The van der Waals surface area contributed by atoms with E-state index in [0.29, 0.717) is 31.9 Å². The second-order valence-corrected chi connectivity index (χ2v) is 10.5. The molecule has 2 aromatic rings. The zero-order chi connectivity index (χ0) is 26.9. The third kappa shape index (κ3) is 6.32. The van der Waals surface area contributed by atoms with Gasteiger partial charge in [-0.15, -0.1) is 0 Å². The lowest BCUT2D eigenvalue weighted by atomic mass is 10.00. The predicted octanol–water partition coefficient (Wildman–Crippen LogP) is 4.24. The number of aromatic nitrogens is 1. The number of carbonyl (C=O) groups excluding carboxylic acids is 1. The summed E-state index contributed by atoms with van der Waals surface area (Å²) in [6.45, 7) is 6.86. The van der Waals surface area contributed by atoms with Crippen LogP contribution in [-0.2, 0) is 4.74 Å². The van der Waals surface area contributed by atoms with Crippen LogP contribution in [0.3, 0.4) is 0 Å². The fraction of sp³-hybridized carbons (Fsp3) is 0.556. The molecule has 8 nitrogen and oxygen atoms in total. The number of alkyl halides is 3. The Morgan fingerprint density at radius 3 is 2.47 bits per heavy atom. The van der Waals surface area contributed by atoms with Gasteiger partial charge in [-0.2, -0.15) is 13.2 Å². The van der Waals surface area contributed by atoms with Gasteiger partial charge in [0.1, 0.15) is 11.6 Å². The zero-order valence-corrected chi connectivity index (χ0v) is 21.6. The SMILES string of the molecule is Cc1ccc(NC(=O)N2CCC(CC(F)(F)F)C2)cc1-c1cc(N2CCOCC2)nc(N2CC[C@@H](N)C2)c1. The third-order valence-corrected chi connectivity index (χ3v) is 7.58. The normalized spacial score (nSPS) is 22.3. The summed E-state index contributed by atoms with van der Waals surface area (Å²) in [4.78, 5) is 23.7. The Balaban J connectivity index is 1.38. The number of urea groups is 1. The number of benzene rings is 1. The summed E-state index contributed by atoms with van der Waals surface area (Å²) in [6, 6.07) is 9.58. The molecule has 3 saturated heterocycles. The van der Waals surface area contributed by atoms with Crippen LogP contribution in [0.4, 0.5) is 35.3 Å². The van der Waals surface area contributed by atoms with Crippen molar-refractivity contribution < 1.29 is 22.7 Å². The number of halogens is 3. The molecule has 0 spiro atoms. The number of hydrogen-bond donors (Lipinski definition) is 2. The minimum atomic E-state index is -4.22. The summed E-state index contributed by atoms with van der Waals surface area (Å²) < 4.78 is 43.9. The van der Waals surface area contributed by atoms with Crippen molar-refractivity contribution in [2.75, 3.05) is 67.6 Å². The number of aryl methyl sites for hydroxylation is 1. The number of nitrogens with one attached hydrogen (secondary N) is 1. The van der Waals surface area contributed by atoms with E-state index >= 15 is 0 Å².